The Bertz CT molecular complexity index is 895. The van der Waals surface area contributed by atoms with Gasteiger partial charge in [0.05, 0.1) is 17.9 Å². The van der Waals surface area contributed by atoms with Gasteiger partial charge in [-0.2, -0.15) is 0 Å². The highest BCUT2D eigenvalue weighted by atomic mass is 32.2. The van der Waals surface area contributed by atoms with Gasteiger partial charge in [-0.15, -0.1) is 11.8 Å². The molecule has 1 fully saturated rings. The lowest BCUT2D eigenvalue weighted by Crippen LogP contribution is -2.48. The topological polar surface area (TPSA) is 46.8 Å². The summed E-state index contributed by atoms with van der Waals surface area (Å²) in [5.74, 6) is 0.877. The van der Waals surface area contributed by atoms with Crippen LogP contribution in [0.3, 0.4) is 0 Å². The molecule has 0 N–H and O–H groups in total. The van der Waals surface area contributed by atoms with Gasteiger partial charge in [0.2, 0.25) is 0 Å². The normalized spacial score (nSPS) is 20.1. The number of hydrogen-bond acceptors (Lipinski definition) is 4. The van der Waals surface area contributed by atoms with E-state index in [0.29, 0.717) is 13.1 Å². The second kappa shape index (κ2) is 7.74. The Hall–Kier alpha value is -2.31. The number of nitrogens with zero attached hydrogens (tertiary/aromatic N) is 3. The Morgan fingerprint density at radius 2 is 1.89 bits per heavy atom. The summed E-state index contributed by atoms with van der Waals surface area (Å²) in [6.45, 7) is 5.31. The zero-order valence-electron chi connectivity index (χ0n) is 15.5. The summed E-state index contributed by atoms with van der Waals surface area (Å²) in [4.78, 5) is 20.4. The van der Waals surface area contributed by atoms with Gasteiger partial charge in [0.25, 0.3) is 5.91 Å². The summed E-state index contributed by atoms with van der Waals surface area (Å²) in [6, 6.07) is 13.9. The predicted octanol–water partition coefficient (Wildman–Crippen LogP) is 3.88. The van der Waals surface area contributed by atoms with Crippen molar-refractivity contribution in [3.63, 3.8) is 0 Å². The van der Waals surface area contributed by atoms with Crippen molar-refractivity contribution in [2.24, 2.45) is 0 Å². The zero-order chi connectivity index (χ0) is 18.8. The monoisotopic (exact) mass is 381 g/mol. The Kier molecular flexibility index (Phi) is 5.18. The second-order valence-corrected chi connectivity index (χ2v) is 8.03. The standard InChI is InChI=1S/C21H23N3O2S/c1-15-11-24(12-16(2)26-15)21(25)17-6-8-19(9-7-17)27-14-18-13-23-10-4-3-5-20(23)22-18/h3-10,13,15-16H,11-12,14H2,1-2H3/t15-,16-/m0/s1. The van der Waals surface area contributed by atoms with E-state index in [-0.39, 0.29) is 18.1 Å². The lowest BCUT2D eigenvalue weighted by atomic mass is 10.1. The number of ether oxygens (including phenoxy) is 1. The average molecular weight is 382 g/mol. The summed E-state index contributed by atoms with van der Waals surface area (Å²) >= 11 is 1.72. The van der Waals surface area contributed by atoms with Crippen molar-refractivity contribution in [2.75, 3.05) is 13.1 Å². The second-order valence-electron chi connectivity index (χ2n) is 6.98. The van der Waals surface area contributed by atoms with Crippen molar-refractivity contribution in [1.29, 1.82) is 0 Å². The Balaban J connectivity index is 1.39. The Labute approximate surface area is 163 Å². The number of pyridine rings is 1. The lowest BCUT2D eigenvalue weighted by Gasteiger charge is -2.35. The number of benzene rings is 1. The number of morpholine rings is 1. The van der Waals surface area contributed by atoms with Crippen LogP contribution in [0.5, 0.6) is 0 Å². The fourth-order valence-electron chi connectivity index (χ4n) is 3.43. The van der Waals surface area contributed by atoms with Gasteiger partial charge in [-0.25, -0.2) is 4.98 Å². The highest BCUT2D eigenvalue weighted by Crippen LogP contribution is 2.24. The molecule has 1 aromatic carbocycles. The quantitative estimate of drug-likeness (QED) is 0.644. The molecule has 1 amide bonds. The van der Waals surface area contributed by atoms with E-state index in [1.54, 1.807) is 11.8 Å². The average Bonchev–Trinajstić information content (AvgIpc) is 3.08. The molecule has 1 aliphatic rings. The number of fused-ring (bicyclic) bond motifs is 1. The largest absolute Gasteiger partial charge is 0.372 e. The number of aromatic nitrogens is 2. The van der Waals surface area contributed by atoms with Gasteiger partial charge in [0.1, 0.15) is 5.65 Å². The molecular weight excluding hydrogens is 358 g/mol. The molecule has 2 aromatic heterocycles. The molecule has 27 heavy (non-hydrogen) atoms. The van der Waals surface area contributed by atoms with Gasteiger partial charge in [0.15, 0.2) is 0 Å². The molecule has 1 aliphatic heterocycles. The number of amides is 1. The fourth-order valence-corrected chi connectivity index (χ4v) is 4.22. The summed E-state index contributed by atoms with van der Waals surface area (Å²) < 4.78 is 7.74. The number of carbonyl (C=O) groups excluding carboxylic acids is 1. The van der Waals surface area contributed by atoms with Crippen LogP contribution >= 0.6 is 11.8 Å². The Morgan fingerprint density at radius 3 is 2.59 bits per heavy atom. The summed E-state index contributed by atoms with van der Waals surface area (Å²) in [6.07, 6.45) is 4.22. The minimum atomic E-state index is 0.0777. The minimum Gasteiger partial charge on any atom is -0.372 e. The van der Waals surface area contributed by atoms with Crippen LogP contribution in [0.1, 0.15) is 29.9 Å². The maximum atomic E-state index is 12.7. The van der Waals surface area contributed by atoms with Crippen molar-refractivity contribution >= 4 is 23.3 Å². The lowest BCUT2D eigenvalue weighted by molar-refractivity contribution is -0.0586. The first-order chi connectivity index (χ1) is 13.1. The molecule has 2 atom stereocenters. The van der Waals surface area contributed by atoms with E-state index in [1.165, 1.54) is 0 Å². The molecule has 0 spiro atoms. The number of thioether (sulfide) groups is 1. The first-order valence-electron chi connectivity index (χ1n) is 9.19. The van der Waals surface area contributed by atoms with Crippen LogP contribution in [0.25, 0.3) is 5.65 Å². The number of rotatable bonds is 4. The molecule has 140 valence electrons. The van der Waals surface area contributed by atoms with Crippen molar-refractivity contribution < 1.29 is 9.53 Å². The summed E-state index contributed by atoms with van der Waals surface area (Å²) in [7, 11) is 0. The van der Waals surface area contributed by atoms with Crippen molar-refractivity contribution in [3.8, 4) is 0 Å². The zero-order valence-corrected chi connectivity index (χ0v) is 16.4. The van der Waals surface area contributed by atoms with Gasteiger partial charge in [-0.3, -0.25) is 4.79 Å². The van der Waals surface area contributed by atoms with Gasteiger partial charge in [0, 0.05) is 41.7 Å². The molecule has 6 heteroatoms. The molecular formula is C21H23N3O2S. The van der Waals surface area contributed by atoms with Crippen LogP contribution in [-0.4, -0.2) is 45.5 Å². The third-order valence-electron chi connectivity index (χ3n) is 4.61. The smallest absolute Gasteiger partial charge is 0.254 e. The van der Waals surface area contributed by atoms with Crippen LogP contribution in [0.15, 0.2) is 59.8 Å². The Morgan fingerprint density at radius 1 is 1.15 bits per heavy atom. The highest BCUT2D eigenvalue weighted by molar-refractivity contribution is 7.98. The molecule has 0 aliphatic carbocycles. The fraction of sp³-hybridized carbons (Fsp3) is 0.333. The molecule has 4 rings (SSSR count). The van der Waals surface area contributed by atoms with E-state index in [4.69, 9.17) is 4.74 Å². The molecule has 0 unspecified atom stereocenters. The van der Waals surface area contributed by atoms with E-state index < -0.39 is 0 Å². The minimum absolute atomic E-state index is 0.0777. The third-order valence-corrected chi connectivity index (χ3v) is 5.65. The molecule has 0 bridgehead atoms. The highest BCUT2D eigenvalue weighted by Gasteiger charge is 2.26. The molecule has 0 radical (unpaired) electrons. The van der Waals surface area contributed by atoms with E-state index in [9.17, 15) is 4.79 Å². The summed E-state index contributed by atoms with van der Waals surface area (Å²) in [5, 5.41) is 0. The number of hydrogen-bond donors (Lipinski definition) is 0. The SMILES string of the molecule is C[C@H]1CN(C(=O)c2ccc(SCc3cn4ccccc4n3)cc2)C[C@H](C)O1. The summed E-state index contributed by atoms with van der Waals surface area (Å²) in [5.41, 5.74) is 2.74. The van der Waals surface area contributed by atoms with Crippen LogP contribution < -0.4 is 0 Å². The molecule has 3 aromatic rings. The molecule has 0 saturated carbocycles. The maximum absolute atomic E-state index is 12.7. The van der Waals surface area contributed by atoms with E-state index in [2.05, 4.69) is 11.2 Å². The van der Waals surface area contributed by atoms with Gasteiger partial charge >= 0.3 is 0 Å². The first kappa shape index (κ1) is 18.1. The van der Waals surface area contributed by atoms with Crippen LogP contribution in [0, 0.1) is 0 Å². The van der Waals surface area contributed by atoms with Crippen LogP contribution in [0.2, 0.25) is 0 Å². The maximum Gasteiger partial charge on any atom is 0.254 e. The first-order valence-corrected chi connectivity index (χ1v) is 10.2. The van der Waals surface area contributed by atoms with Crippen LogP contribution in [0.4, 0.5) is 0 Å². The predicted molar refractivity (Wildman–Crippen MR) is 107 cm³/mol. The van der Waals surface area contributed by atoms with Crippen molar-refractivity contribution in [3.05, 3.63) is 66.1 Å². The number of imidazole rings is 1. The van der Waals surface area contributed by atoms with Gasteiger partial charge in [-0.05, 0) is 50.2 Å². The van der Waals surface area contributed by atoms with Crippen LogP contribution in [-0.2, 0) is 10.5 Å². The molecule has 5 nitrogen and oxygen atoms in total. The van der Waals surface area contributed by atoms with E-state index >= 15 is 0 Å². The molecule has 3 heterocycles. The van der Waals surface area contributed by atoms with Crippen molar-refractivity contribution in [2.45, 2.75) is 36.7 Å². The van der Waals surface area contributed by atoms with Gasteiger partial charge < -0.3 is 14.0 Å². The van der Waals surface area contributed by atoms with Crippen molar-refractivity contribution in [1.82, 2.24) is 14.3 Å². The van der Waals surface area contributed by atoms with Gasteiger partial charge in [-0.1, -0.05) is 6.07 Å². The third kappa shape index (κ3) is 4.17. The molecule has 1 saturated heterocycles. The van der Waals surface area contributed by atoms with E-state index in [0.717, 1.165) is 27.6 Å². The van der Waals surface area contributed by atoms with E-state index in [1.807, 2.05) is 71.8 Å². The number of carbonyl (C=O) groups is 1.